The molecule has 0 bridgehead atoms. The summed E-state index contributed by atoms with van der Waals surface area (Å²) in [4.78, 5) is 40.5. The molecule has 48 heavy (non-hydrogen) atoms. The van der Waals surface area contributed by atoms with Crippen molar-refractivity contribution in [3.05, 3.63) is 167 Å². The van der Waals surface area contributed by atoms with E-state index in [0.29, 0.717) is 27.3 Å². The highest BCUT2D eigenvalue weighted by Crippen LogP contribution is 2.39. The van der Waals surface area contributed by atoms with Gasteiger partial charge >= 0.3 is 6.18 Å². The van der Waals surface area contributed by atoms with E-state index in [2.05, 4.69) is 16.0 Å². The predicted octanol–water partition coefficient (Wildman–Crippen LogP) is 8.73. The average molecular weight is 670 g/mol. The highest BCUT2D eigenvalue weighted by Gasteiger charge is 2.34. The molecule has 0 radical (unpaired) electrons. The van der Waals surface area contributed by atoms with Crippen LogP contribution in [-0.4, -0.2) is 17.7 Å². The summed E-state index contributed by atoms with van der Waals surface area (Å²) >= 11 is 1.08. The molecule has 11 heteroatoms. The van der Waals surface area contributed by atoms with Crippen molar-refractivity contribution in [2.75, 3.05) is 10.6 Å². The Morgan fingerprint density at radius 2 is 1.35 bits per heavy atom. The Hall–Kier alpha value is -5.68. The number of thioether (sulfide) groups is 1. The van der Waals surface area contributed by atoms with E-state index < -0.39 is 40.5 Å². The van der Waals surface area contributed by atoms with E-state index >= 15 is 0 Å². The topological polar surface area (TPSA) is 87.3 Å². The van der Waals surface area contributed by atoms with E-state index in [4.69, 9.17) is 0 Å². The summed E-state index contributed by atoms with van der Waals surface area (Å²) in [7, 11) is 0. The maximum Gasteiger partial charge on any atom is 0.418 e. The lowest BCUT2D eigenvalue weighted by molar-refractivity contribution is -0.137. The fraction of sp³-hybridized carbons (Fsp3) is 0.0541. The number of alkyl halides is 3. The van der Waals surface area contributed by atoms with E-state index in [-0.39, 0.29) is 11.4 Å². The molecular weight excluding hydrogens is 642 g/mol. The molecule has 0 saturated carbocycles. The third kappa shape index (κ3) is 8.98. The number of carbonyl (C=O) groups is 3. The lowest BCUT2D eigenvalue weighted by Gasteiger charge is -2.19. The van der Waals surface area contributed by atoms with Crippen LogP contribution in [0.15, 0.2) is 144 Å². The molecular formula is C37H27F4N3O3S. The molecule has 0 fully saturated rings. The molecule has 0 spiro atoms. The summed E-state index contributed by atoms with van der Waals surface area (Å²) in [5, 5.41) is 6.83. The normalized spacial score (nSPS) is 12.1. The number of para-hydroxylation sites is 1. The van der Waals surface area contributed by atoms with Gasteiger partial charge < -0.3 is 16.0 Å². The third-order valence-corrected chi connectivity index (χ3v) is 8.13. The van der Waals surface area contributed by atoms with Crippen molar-refractivity contribution >= 4 is 46.9 Å². The van der Waals surface area contributed by atoms with Gasteiger partial charge in [-0.1, -0.05) is 78.9 Å². The summed E-state index contributed by atoms with van der Waals surface area (Å²) in [6.45, 7) is 0. The highest BCUT2D eigenvalue weighted by atomic mass is 32.2. The van der Waals surface area contributed by atoms with Crippen LogP contribution in [0.3, 0.4) is 0 Å². The smallest absolute Gasteiger partial charge is 0.324 e. The van der Waals surface area contributed by atoms with Crippen LogP contribution >= 0.6 is 11.8 Å². The third-order valence-electron chi connectivity index (χ3n) is 6.89. The minimum absolute atomic E-state index is 0.113. The Balaban J connectivity index is 1.39. The Kier molecular flexibility index (Phi) is 10.7. The van der Waals surface area contributed by atoms with Crippen molar-refractivity contribution < 1.29 is 31.9 Å². The Labute approximate surface area is 277 Å². The number of nitrogens with one attached hydrogen (secondary N) is 3. The van der Waals surface area contributed by atoms with Crippen molar-refractivity contribution in [2.24, 2.45) is 0 Å². The van der Waals surface area contributed by atoms with Gasteiger partial charge in [-0.15, -0.1) is 11.8 Å². The standard InChI is InChI=1S/C37H27F4N3O3S/c38-27-20-18-24(19-21-27)22-32(44-34(45)26-12-5-2-6-13-26)35(46)42-28-14-9-15-29(23-28)48-33(25-10-3-1-4-11-25)36(47)43-31-17-8-7-16-30(31)37(39,40)41/h1-23,33H,(H,42,46)(H,43,47)(H,44,45)/b32-22+. The van der Waals surface area contributed by atoms with Crippen molar-refractivity contribution in [3.8, 4) is 0 Å². The Morgan fingerprint density at radius 3 is 2.04 bits per heavy atom. The van der Waals surface area contributed by atoms with E-state index in [0.717, 1.165) is 17.8 Å². The number of hydrogen-bond acceptors (Lipinski definition) is 4. The van der Waals surface area contributed by atoms with Crippen LogP contribution in [0.5, 0.6) is 0 Å². The molecule has 0 saturated heterocycles. The van der Waals surface area contributed by atoms with Crippen LogP contribution in [0.1, 0.15) is 32.3 Å². The molecule has 6 nitrogen and oxygen atoms in total. The maximum atomic E-state index is 13.6. The van der Waals surface area contributed by atoms with Gasteiger partial charge in [0, 0.05) is 16.1 Å². The van der Waals surface area contributed by atoms with E-state index in [1.807, 2.05) is 0 Å². The second-order valence-electron chi connectivity index (χ2n) is 10.4. The van der Waals surface area contributed by atoms with Crippen molar-refractivity contribution in [1.82, 2.24) is 5.32 Å². The van der Waals surface area contributed by atoms with Crippen LogP contribution in [0.4, 0.5) is 28.9 Å². The number of halogens is 4. The maximum absolute atomic E-state index is 13.6. The molecule has 1 atom stereocenters. The van der Waals surface area contributed by atoms with Crippen molar-refractivity contribution in [2.45, 2.75) is 16.3 Å². The minimum Gasteiger partial charge on any atom is -0.324 e. The largest absolute Gasteiger partial charge is 0.418 e. The summed E-state index contributed by atoms with van der Waals surface area (Å²) in [5.74, 6) is -2.35. The van der Waals surface area contributed by atoms with Crippen molar-refractivity contribution in [3.63, 3.8) is 0 Å². The van der Waals surface area contributed by atoms with Crippen LogP contribution in [0, 0.1) is 5.82 Å². The SMILES string of the molecule is O=C(Nc1cccc(SC(C(=O)Nc2ccccc2C(F)(F)F)c2ccccc2)c1)/C(=C\c1ccc(F)cc1)NC(=O)c1ccccc1. The zero-order valence-electron chi connectivity index (χ0n) is 25.0. The Morgan fingerprint density at radius 1 is 0.708 bits per heavy atom. The minimum atomic E-state index is -4.67. The van der Waals surface area contributed by atoms with Gasteiger partial charge in [-0.05, 0) is 71.8 Å². The van der Waals surface area contributed by atoms with Gasteiger partial charge in [-0.2, -0.15) is 13.2 Å². The molecule has 0 aliphatic rings. The van der Waals surface area contributed by atoms with Gasteiger partial charge in [0.15, 0.2) is 0 Å². The first kappa shape index (κ1) is 33.7. The second-order valence-corrected chi connectivity index (χ2v) is 11.5. The zero-order valence-corrected chi connectivity index (χ0v) is 25.8. The van der Waals surface area contributed by atoms with Gasteiger partial charge in [0.05, 0.1) is 11.3 Å². The Bertz CT molecular complexity index is 1930. The number of rotatable bonds is 10. The van der Waals surface area contributed by atoms with Gasteiger partial charge in [0.25, 0.3) is 11.8 Å². The first-order valence-electron chi connectivity index (χ1n) is 14.5. The van der Waals surface area contributed by atoms with Crippen LogP contribution in [-0.2, 0) is 15.8 Å². The molecule has 0 heterocycles. The van der Waals surface area contributed by atoms with Crippen LogP contribution < -0.4 is 16.0 Å². The number of amides is 3. The number of carbonyl (C=O) groups excluding carboxylic acids is 3. The molecule has 0 aromatic heterocycles. The number of hydrogen-bond donors (Lipinski definition) is 3. The lowest BCUT2D eigenvalue weighted by Crippen LogP contribution is -2.30. The molecule has 5 rings (SSSR count). The first-order valence-corrected chi connectivity index (χ1v) is 15.4. The fourth-order valence-corrected chi connectivity index (χ4v) is 5.67. The van der Waals surface area contributed by atoms with Gasteiger partial charge in [-0.3, -0.25) is 14.4 Å². The molecule has 5 aromatic carbocycles. The number of anilines is 2. The molecule has 1 unspecified atom stereocenters. The van der Waals surface area contributed by atoms with Gasteiger partial charge in [0.2, 0.25) is 5.91 Å². The summed E-state index contributed by atoms with van der Waals surface area (Å²) in [6.07, 6.45) is -3.26. The van der Waals surface area contributed by atoms with E-state index in [1.54, 1.807) is 84.9 Å². The van der Waals surface area contributed by atoms with Gasteiger partial charge in [-0.25, -0.2) is 4.39 Å². The van der Waals surface area contributed by atoms with Gasteiger partial charge in [0.1, 0.15) is 16.8 Å². The molecule has 3 amide bonds. The predicted molar refractivity (Wildman–Crippen MR) is 178 cm³/mol. The number of benzene rings is 5. The highest BCUT2D eigenvalue weighted by molar-refractivity contribution is 8.00. The summed E-state index contributed by atoms with van der Waals surface area (Å²) in [6, 6.07) is 33.5. The van der Waals surface area contributed by atoms with E-state index in [9.17, 15) is 31.9 Å². The molecule has 0 aliphatic carbocycles. The molecule has 242 valence electrons. The van der Waals surface area contributed by atoms with Crippen LogP contribution in [0.25, 0.3) is 6.08 Å². The zero-order chi connectivity index (χ0) is 34.1. The van der Waals surface area contributed by atoms with E-state index in [1.165, 1.54) is 48.5 Å². The summed E-state index contributed by atoms with van der Waals surface area (Å²) < 4.78 is 54.4. The fourth-order valence-electron chi connectivity index (χ4n) is 4.59. The van der Waals surface area contributed by atoms with Crippen molar-refractivity contribution in [1.29, 1.82) is 0 Å². The molecule has 5 aromatic rings. The monoisotopic (exact) mass is 669 g/mol. The second kappa shape index (κ2) is 15.3. The first-order chi connectivity index (χ1) is 23.1. The lowest BCUT2D eigenvalue weighted by atomic mass is 10.1. The average Bonchev–Trinajstić information content (AvgIpc) is 3.08. The molecule has 3 N–H and O–H groups in total. The summed E-state index contributed by atoms with van der Waals surface area (Å²) in [5.41, 5.74) is 0.197. The quantitative estimate of drug-likeness (QED) is 0.0789. The molecule has 0 aliphatic heterocycles. The van der Waals surface area contributed by atoms with Crippen LogP contribution in [0.2, 0.25) is 0 Å².